The zero-order chi connectivity index (χ0) is 20.6. The van der Waals surface area contributed by atoms with Gasteiger partial charge in [0.2, 0.25) is 5.95 Å². The van der Waals surface area contributed by atoms with Crippen LogP contribution < -0.4 is 15.7 Å². The van der Waals surface area contributed by atoms with Crippen LogP contribution in [0, 0.1) is 11.3 Å². The van der Waals surface area contributed by atoms with Gasteiger partial charge in [-0.3, -0.25) is 9.78 Å². The molecule has 0 bridgehead atoms. The third-order valence-corrected chi connectivity index (χ3v) is 4.37. The number of anilines is 1. The molecule has 3 aromatic rings. The molecule has 1 aromatic heterocycles. The molecule has 0 aliphatic heterocycles. The van der Waals surface area contributed by atoms with Crippen molar-refractivity contribution in [3.63, 3.8) is 0 Å². The Kier molecular flexibility index (Phi) is 6.73. The predicted octanol–water partition coefficient (Wildman–Crippen LogP) is 3.50. The first-order chi connectivity index (χ1) is 14.1. The molecule has 0 saturated carbocycles. The summed E-state index contributed by atoms with van der Waals surface area (Å²) >= 11 is 3.42. The van der Waals surface area contributed by atoms with Gasteiger partial charge in [0.05, 0.1) is 16.4 Å². The molecule has 0 aliphatic carbocycles. The Morgan fingerprint density at radius 3 is 2.79 bits per heavy atom. The Labute approximate surface area is 175 Å². The molecule has 3 rings (SSSR count). The SMILES string of the molecule is COCOc1ccc(C=NNc2nc(-c3ccccc3)c(C#N)c(=O)[nH]2)cc1Br. The lowest BCUT2D eigenvalue weighted by Crippen LogP contribution is -2.16. The number of nitrogens with one attached hydrogen (secondary N) is 2. The molecule has 0 aliphatic rings. The Morgan fingerprint density at radius 2 is 2.10 bits per heavy atom. The van der Waals surface area contributed by atoms with Gasteiger partial charge >= 0.3 is 0 Å². The first-order valence-electron chi connectivity index (χ1n) is 8.42. The van der Waals surface area contributed by atoms with E-state index in [2.05, 4.69) is 36.4 Å². The van der Waals surface area contributed by atoms with E-state index in [0.29, 0.717) is 11.3 Å². The van der Waals surface area contributed by atoms with E-state index in [1.165, 1.54) is 0 Å². The molecule has 2 aromatic carbocycles. The molecule has 8 nitrogen and oxygen atoms in total. The van der Waals surface area contributed by atoms with E-state index >= 15 is 0 Å². The minimum atomic E-state index is -0.540. The van der Waals surface area contributed by atoms with Crippen molar-refractivity contribution < 1.29 is 9.47 Å². The third-order valence-electron chi connectivity index (χ3n) is 3.75. The van der Waals surface area contributed by atoms with E-state index in [4.69, 9.17) is 9.47 Å². The second-order valence-corrected chi connectivity index (χ2v) is 6.58. The minimum Gasteiger partial charge on any atom is -0.466 e. The van der Waals surface area contributed by atoms with Gasteiger partial charge in [0, 0.05) is 12.7 Å². The van der Waals surface area contributed by atoms with Crippen LogP contribution in [0.5, 0.6) is 5.75 Å². The maximum atomic E-state index is 12.2. The molecule has 2 N–H and O–H groups in total. The number of hydrazone groups is 1. The van der Waals surface area contributed by atoms with Gasteiger partial charge in [-0.15, -0.1) is 0 Å². The molecule has 1 heterocycles. The Hall–Kier alpha value is -3.48. The number of hydrogen-bond acceptors (Lipinski definition) is 7. The van der Waals surface area contributed by atoms with Gasteiger partial charge in [0.15, 0.2) is 6.79 Å². The van der Waals surface area contributed by atoms with Gasteiger partial charge in [-0.25, -0.2) is 10.4 Å². The molecule has 0 atom stereocenters. The van der Waals surface area contributed by atoms with Crippen LogP contribution in [0.25, 0.3) is 11.3 Å². The highest BCUT2D eigenvalue weighted by Crippen LogP contribution is 2.25. The van der Waals surface area contributed by atoms with Crippen molar-refractivity contribution in [2.75, 3.05) is 19.3 Å². The van der Waals surface area contributed by atoms with Gasteiger partial charge in [0.1, 0.15) is 17.4 Å². The van der Waals surface area contributed by atoms with Crippen LogP contribution in [0.2, 0.25) is 0 Å². The average molecular weight is 454 g/mol. The fourth-order valence-corrected chi connectivity index (χ4v) is 2.95. The van der Waals surface area contributed by atoms with Crippen LogP contribution in [0.4, 0.5) is 5.95 Å². The molecule has 0 spiro atoms. The van der Waals surface area contributed by atoms with Crippen LogP contribution in [0.3, 0.4) is 0 Å². The largest absolute Gasteiger partial charge is 0.466 e. The summed E-state index contributed by atoms with van der Waals surface area (Å²) in [4.78, 5) is 19.1. The number of hydrogen-bond donors (Lipinski definition) is 2. The molecule has 0 saturated heterocycles. The summed E-state index contributed by atoms with van der Waals surface area (Å²) < 4.78 is 11.0. The molecule has 0 fully saturated rings. The zero-order valence-electron chi connectivity index (χ0n) is 15.3. The van der Waals surface area contributed by atoms with Gasteiger partial charge in [0.25, 0.3) is 5.56 Å². The van der Waals surface area contributed by atoms with Crippen molar-refractivity contribution in [1.29, 1.82) is 5.26 Å². The number of halogens is 1. The predicted molar refractivity (Wildman–Crippen MR) is 113 cm³/mol. The summed E-state index contributed by atoms with van der Waals surface area (Å²) in [5.74, 6) is 0.769. The Balaban J connectivity index is 1.81. The van der Waals surface area contributed by atoms with E-state index in [1.807, 2.05) is 36.4 Å². The van der Waals surface area contributed by atoms with E-state index in [9.17, 15) is 10.1 Å². The quantitative estimate of drug-likeness (QED) is 0.321. The van der Waals surface area contributed by atoms with E-state index in [0.717, 1.165) is 10.0 Å². The van der Waals surface area contributed by atoms with Crippen molar-refractivity contribution in [1.82, 2.24) is 9.97 Å². The molecular weight excluding hydrogens is 438 g/mol. The van der Waals surface area contributed by atoms with Gasteiger partial charge < -0.3 is 9.47 Å². The second-order valence-electron chi connectivity index (χ2n) is 5.73. The van der Waals surface area contributed by atoms with Crippen molar-refractivity contribution in [3.8, 4) is 23.1 Å². The normalized spacial score (nSPS) is 10.7. The molecule has 0 radical (unpaired) electrons. The van der Waals surface area contributed by atoms with Crippen LogP contribution in [-0.2, 0) is 4.74 Å². The Bertz CT molecular complexity index is 1120. The number of H-pyrrole nitrogens is 1. The molecule has 0 amide bonds. The standard InChI is InChI=1S/C20H16BrN5O3/c1-28-12-29-17-8-7-13(9-16(17)21)11-23-26-20-24-18(14-5-3-2-4-6-14)15(10-22)19(27)25-20/h2-9,11H,12H2,1H3,(H2,24,25,26,27). The average Bonchev–Trinajstić information content (AvgIpc) is 2.73. The van der Waals surface area contributed by atoms with Crippen molar-refractivity contribution >= 4 is 28.1 Å². The molecule has 0 unspecified atom stereocenters. The highest BCUT2D eigenvalue weighted by atomic mass is 79.9. The lowest BCUT2D eigenvalue weighted by atomic mass is 10.1. The minimum absolute atomic E-state index is 0.0543. The number of aromatic amines is 1. The highest BCUT2D eigenvalue weighted by Gasteiger charge is 2.12. The molecular formula is C20H16BrN5O3. The summed E-state index contributed by atoms with van der Waals surface area (Å²) in [6.07, 6.45) is 1.56. The fraction of sp³-hybridized carbons (Fsp3) is 0.100. The first kappa shape index (κ1) is 20.3. The zero-order valence-corrected chi connectivity index (χ0v) is 16.9. The number of rotatable bonds is 7. The van der Waals surface area contributed by atoms with Gasteiger partial charge in [-0.05, 0) is 39.7 Å². The molecule has 29 heavy (non-hydrogen) atoms. The first-order valence-corrected chi connectivity index (χ1v) is 9.22. The molecule has 9 heteroatoms. The number of methoxy groups -OCH3 is 1. The van der Waals surface area contributed by atoms with Gasteiger partial charge in [-0.2, -0.15) is 10.4 Å². The number of ether oxygens (including phenoxy) is 2. The number of nitrogens with zero attached hydrogens (tertiary/aromatic N) is 3. The molecule has 146 valence electrons. The Morgan fingerprint density at radius 1 is 1.31 bits per heavy atom. The van der Waals surface area contributed by atoms with Crippen LogP contribution >= 0.6 is 15.9 Å². The van der Waals surface area contributed by atoms with E-state index in [-0.39, 0.29) is 24.0 Å². The van der Waals surface area contributed by atoms with Crippen molar-refractivity contribution in [2.45, 2.75) is 0 Å². The summed E-state index contributed by atoms with van der Waals surface area (Å²) in [5, 5.41) is 13.4. The monoisotopic (exact) mass is 453 g/mol. The van der Waals surface area contributed by atoms with Crippen LogP contribution in [0.15, 0.2) is 62.9 Å². The van der Waals surface area contributed by atoms with E-state index in [1.54, 1.807) is 31.5 Å². The fourth-order valence-electron chi connectivity index (χ4n) is 2.44. The number of aromatic nitrogens is 2. The number of benzene rings is 2. The summed E-state index contributed by atoms with van der Waals surface area (Å²) in [6.45, 7) is 0.148. The van der Waals surface area contributed by atoms with Crippen LogP contribution in [-0.4, -0.2) is 30.1 Å². The second kappa shape index (κ2) is 9.64. The lowest BCUT2D eigenvalue weighted by Gasteiger charge is -2.07. The van der Waals surface area contributed by atoms with Crippen molar-refractivity contribution in [2.24, 2.45) is 5.10 Å². The summed E-state index contributed by atoms with van der Waals surface area (Å²) in [5.41, 5.74) is 3.83. The topological polar surface area (TPSA) is 112 Å². The maximum absolute atomic E-state index is 12.2. The summed E-state index contributed by atoms with van der Waals surface area (Å²) in [7, 11) is 1.55. The van der Waals surface area contributed by atoms with Gasteiger partial charge in [-0.1, -0.05) is 30.3 Å². The van der Waals surface area contributed by atoms with Crippen molar-refractivity contribution in [3.05, 3.63) is 74.5 Å². The third kappa shape index (κ3) is 5.07. The number of nitriles is 1. The summed E-state index contributed by atoms with van der Waals surface area (Å²) in [6, 6.07) is 16.3. The van der Waals surface area contributed by atoms with E-state index < -0.39 is 5.56 Å². The maximum Gasteiger partial charge on any atom is 0.270 e. The highest BCUT2D eigenvalue weighted by molar-refractivity contribution is 9.10. The van der Waals surface area contributed by atoms with Crippen LogP contribution in [0.1, 0.15) is 11.1 Å². The lowest BCUT2D eigenvalue weighted by molar-refractivity contribution is 0.0506. The smallest absolute Gasteiger partial charge is 0.270 e.